The first-order valence-electron chi connectivity index (χ1n) is 5.27. The van der Waals surface area contributed by atoms with E-state index in [0.717, 1.165) is 12.2 Å². The average Bonchev–Trinajstić information content (AvgIpc) is 2.15. The first kappa shape index (κ1) is 15.1. The maximum atomic E-state index is 11.5. The standard InChI is InChI=1S/C10H20N2O3S/c1-4-8(6-16-3)12-10(15)11-7(2)5-9(13)14/h7-8H,4-6H2,1-3H3,(H,13,14)(H2,11,12,15). The lowest BCUT2D eigenvalue weighted by molar-refractivity contribution is -0.137. The number of carbonyl (C=O) groups is 2. The number of thioether (sulfide) groups is 1. The molecule has 5 nitrogen and oxygen atoms in total. The van der Waals surface area contributed by atoms with Crippen molar-refractivity contribution in [3.8, 4) is 0 Å². The average molecular weight is 248 g/mol. The number of hydrogen-bond donors (Lipinski definition) is 3. The minimum atomic E-state index is -0.913. The second kappa shape index (κ2) is 8.27. The minimum absolute atomic E-state index is 0.0628. The van der Waals surface area contributed by atoms with Crippen LogP contribution >= 0.6 is 11.8 Å². The van der Waals surface area contributed by atoms with Crippen molar-refractivity contribution in [1.29, 1.82) is 0 Å². The first-order chi connectivity index (χ1) is 7.49. The number of urea groups is 1. The number of carbonyl (C=O) groups excluding carboxylic acids is 1. The molecular weight excluding hydrogens is 228 g/mol. The number of hydrogen-bond acceptors (Lipinski definition) is 3. The van der Waals surface area contributed by atoms with Gasteiger partial charge in [0.1, 0.15) is 0 Å². The molecule has 2 atom stereocenters. The highest BCUT2D eigenvalue weighted by Gasteiger charge is 2.13. The molecule has 0 spiro atoms. The molecule has 0 bridgehead atoms. The lowest BCUT2D eigenvalue weighted by Gasteiger charge is -2.18. The quantitative estimate of drug-likeness (QED) is 0.634. The van der Waals surface area contributed by atoms with Gasteiger partial charge in [0.15, 0.2) is 0 Å². The minimum Gasteiger partial charge on any atom is -0.481 e. The molecule has 0 aliphatic rings. The SMILES string of the molecule is CCC(CSC)NC(=O)NC(C)CC(=O)O. The fraction of sp³-hybridized carbons (Fsp3) is 0.800. The molecule has 94 valence electrons. The Labute approximate surface area is 100 Å². The van der Waals surface area contributed by atoms with E-state index in [-0.39, 0.29) is 24.5 Å². The van der Waals surface area contributed by atoms with Crippen LogP contribution in [-0.2, 0) is 4.79 Å². The van der Waals surface area contributed by atoms with Crippen molar-refractivity contribution in [2.24, 2.45) is 0 Å². The number of carboxylic acid groups (broad SMARTS) is 1. The van der Waals surface area contributed by atoms with Crippen LogP contribution in [0.5, 0.6) is 0 Å². The molecule has 0 aromatic heterocycles. The molecule has 0 radical (unpaired) electrons. The zero-order chi connectivity index (χ0) is 12.6. The maximum absolute atomic E-state index is 11.5. The van der Waals surface area contributed by atoms with Gasteiger partial charge in [-0.15, -0.1) is 0 Å². The van der Waals surface area contributed by atoms with Crippen LogP contribution in [-0.4, -0.2) is 41.2 Å². The molecule has 2 unspecified atom stereocenters. The molecule has 0 fully saturated rings. The molecule has 0 heterocycles. The summed E-state index contributed by atoms with van der Waals surface area (Å²) in [7, 11) is 0. The van der Waals surface area contributed by atoms with Gasteiger partial charge in [-0.25, -0.2) is 4.79 Å². The van der Waals surface area contributed by atoms with Gasteiger partial charge in [-0.1, -0.05) is 6.92 Å². The van der Waals surface area contributed by atoms with Gasteiger partial charge in [-0.2, -0.15) is 11.8 Å². The molecule has 0 saturated carbocycles. The van der Waals surface area contributed by atoms with Crippen molar-refractivity contribution in [2.75, 3.05) is 12.0 Å². The molecule has 0 aromatic rings. The summed E-state index contributed by atoms with van der Waals surface area (Å²) < 4.78 is 0. The summed E-state index contributed by atoms with van der Waals surface area (Å²) in [4.78, 5) is 21.9. The topological polar surface area (TPSA) is 78.4 Å². The van der Waals surface area contributed by atoms with Crippen LogP contribution in [0.4, 0.5) is 4.79 Å². The summed E-state index contributed by atoms with van der Waals surface area (Å²) in [6.45, 7) is 3.67. The third-order valence-electron chi connectivity index (χ3n) is 2.05. The van der Waals surface area contributed by atoms with E-state index in [1.54, 1.807) is 18.7 Å². The normalized spacial score (nSPS) is 13.9. The Hall–Kier alpha value is -0.910. The van der Waals surface area contributed by atoms with Crippen molar-refractivity contribution in [3.63, 3.8) is 0 Å². The second-order valence-electron chi connectivity index (χ2n) is 3.68. The highest BCUT2D eigenvalue weighted by Crippen LogP contribution is 2.00. The zero-order valence-electron chi connectivity index (χ0n) is 9.95. The van der Waals surface area contributed by atoms with Crippen LogP contribution < -0.4 is 10.6 Å². The van der Waals surface area contributed by atoms with Gasteiger partial charge in [0.2, 0.25) is 0 Å². The number of nitrogens with one attached hydrogen (secondary N) is 2. The zero-order valence-corrected chi connectivity index (χ0v) is 10.8. The Kier molecular flexibility index (Phi) is 7.80. The van der Waals surface area contributed by atoms with Crippen LogP contribution in [0.1, 0.15) is 26.7 Å². The van der Waals surface area contributed by atoms with Crippen LogP contribution in [0.15, 0.2) is 0 Å². The summed E-state index contributed by atoms with van der Waals surface area (Å²) in [6.07, 6.45) is 2.78. The summed E-state index contributed by atoms with van der Waals surface area (Å²) in [5.41, 5.74) is 0. The number of carboxylic acids is 1. The van der Waals surface area contributed by atoms with Crippen LogP contribution in [0.25, 0.3) is 0 Å². The van der Waals surface area contributed by atoms with Crippen LogP contribution in [0.3, 0.4) is 0 Å². The van der Waals surface area contributed by atoms with Gasteiger partial charge >= 0.3 is 12.0 Å². The number of amides is 2. The van der Waals surface area contributed by atoms with E-state index < -0.39 is 5.97 Å². The Morgan fingerprint density at radius 1 is 1.38 bits per heavy atom. The predicted molar refractivity (Wildman–Crippen MR) is 65.8 cm³/mol. The predicted octanol–water partition coefficient (Wildman–Crippen LogP) is 1.29. The smallest absolute Gasteiger partial charge is 0.315 e. The van der Waals surface area contributed by atoms with E-state index in [0.29, 0.717) is 0 Å². The highest BCUT2D eigenvalue weighted by atomic mass is 32.2. The van der Waals surface area contributed by atoms with Gasteiger partial charge in [0.05, 0.1) is 6.42 Å². The molecule has 0 saturated heterocycles. The molecule has 0 rings (SSSR count). The van der Waals surface area contributed by atoms with Gasteiger partial charge in [0, 0.05) is 17.8 Å². The molecule has 3 N–H and O–H groups in total. The van der Waals surface area contributed by atoms with Crippen LogP contribution in [0.2, 0.25) is 0 Å². The van der Waals surface area contributed by atoms with E-state index in [9.17, 15) is 9.59 Å². The second-order valence-corrected chi connectivity index (χ2v) is 4.59. The molecule has 0 aliphatic carbocycles. The summed E-state index contributed by atoms with van der Waals surface area (Å²) in [5.74, 6) is -0.0546. The van der Waals surface area contributed by atoms with Gasteiger partial charge < -0.3 is 15.7 Å². The Bertz CT molecular complexity index is 236. The fourth-order valence-electron chi connectivity index (χ4n) is 1.23. The summed E-state index contributed by atoms with van der Waals surface area (Å²) >= 11 is 1.67. The molecule has 6 heteroatoms. The Morgan fingerprint density at radius 3 is 2.44 bits per heavy atom. The number of aliphatic carboxylic acids is 1. The van der Waals surface area contributed by atoms with E-state index in [2.05, 4.69) is 10.6 Å². The lowest BCUT2D eigenvalue weighted by atomic mass is 10.2. The van der Waals surface area contributed by atoms with Crippen molar-refractivity contribution in [1.82, 2.24) is 10.6 Å². The van der Waals surface area contributed by atoms with E-state index >= 15 is 0 Å². The first-order valence-corrected chi connectivity index (χ1v) is 6.66. The third kappa shape index (κ3) is 7.39. The van der Waals surface area contributed by atoms with Crippen molar-refractivity contribution >= 4 is 23.8 Å². The number of rotatable bonds is 7. The fourth-order valence-corrected chi connectivity index (χ4v) is 1.95. The van der Waals surface area contributed by atoms with Crippen molar-refractivity contribution < 1.29 is 14.7 Å². The van der Waals surface area contributed by atoms with E-state index in [1.807, 2.05) is 13.2 Å². The molecule has 0 aliphatic heterocycles. The van der Waals surface area contributed by atoms with Gasteiger partial charge in [-0.05, 0) is 19.6 Å². The molecule has 16 heavy (non-hydrogen) atoms. The Morgan fingerprint density at radius 2 is 2.00 bits per heavy atom. The van der Waals surface area contributed by atoms with Crippen molar-refractivity contribution in [2.45, 2.75) is 38.8 Å². The molecule has 2 amide bonds. The van der Waals surface area contributed by atoms with Crippen molar-refractivity contribution in [3.05, 3.63) is 0 Å². The Balaban J connectivity index is 3.91. The largest absolute Gasteiger partial charge is 0.481 e. The van der Waals surface area contributed by atoms with Gasteiger partial charge in [0.25, 0.3) is 0 Å². The monoisotopic (exact) mass is 248 g/mol. The lowest BCUT2D eigenvalue weighted by Crippen LogP contribution is -2.46. The molecular formula is C10H20N2O3S. The summed E-state index contributed by atoms with van der Waals surface area (Å²) in [5, 5.41) is 13.9. The third-order valence-corrected chi connectivity index (χ3v) is 2.79. The highest BCUT2D eigenvalue weighted by molar-refractivity contribution is 7.98. The van der Waals surface area contributed by atoms with E-state index in [1.165, 1.54) is 0 Å². The van der Waals surface area contributed by atoms with Gasteiger partial charge in [-0.3, -0.25) is 4.79 Å². The molecule has 0 aromatic carbocycles. The van der Waals surface area contributed by atoms with E-state index in [4.69, 9.17) is 5.11 Å². The maximum Gasteiger partial charge on any atom is 0.315 e. The van der Waals surface area contributed by atoms with Crippen LogP contribution in [0, 0.1) is 0 Å². The summed E-state index contributed by atoms with van der Waals surface area (Å²) in [6, 6.07) is -0.522.